The van der Waals surface area contributed by atoms with E-state index in [1.165, 1.54) is 0 Å². The van der Waals surface area contributed by atoms with E-state index in [4.69, 9.17) is 0 Å². The first-order valence-electron chi connectivity index (χ1n) is 8.43. The van der Waals surface area contributed by atoms with Gasteiger partial charge in [0.2, 0.25) is 0 Å². The number of carbonyl (C=O) groups excluding carboxylic acids is 1. The highest BCUT2D eigenvalue weighted by Gasteiger charge is 2.35. The van der Waals surface area contributed by atoms with Crippen molar-refractivity contribution in [1.82, 2.24) is 26.4 Å². The van der Waals surface area contributed by atoms with Crippen LogP contribution in [0.15, 0.2) is 18.2 Å². The topological polar surface area (TPSA) is 88.7 Å². The molecule has 4 atom stereocenters. The molecule has 150 valence electrons. The Morgan fingerprint density at radius 1 is 1.26 bits per heavy atom. The molecule has 5 N–H and O–H groups in total. The fourth-order valence-corrected chi connectivity index (χ4v) is 3.33. The minimum Gasteiger partial charge on any atom is -0.508 e. The van der Waals surface area contributed by atoms with Gasteiger partial charge in [-0.1, -0.05) is 6.07 Å². The standard InChI is InChI=1S/C16H21F4N5O2/c1-25-6-9(17)5-10(7-25)21-14-15(27)22-13(23-24-14)11-3-2-8(4-12(11)26)16(18,19)20/h2-4,9-10,13-14,21,23-24,26H,5-7H2,1H3,(H,22,27). The fourth-order valence-electron chi connectivity index (χ4n) is 3.33. The number of carbonyl (C=O) groups is 1. The third-order valence-electron chi connectivity index (χ3n) is 4.57. The quantitative estimate of drug-likeness (QED) is 0.485. The molecule has 4 unspecified atom stereocenters. The second kappa shape index (κ2) is 7.58. The van der Waals surface area contributed by atoms with Crippen LogP contribution >= 0.6 is 0 Å². The van der Waals surface area contributed by atoms with Crippen LogP contribution in [0.5, 0.6) is 5.75 Å². The van der Waals surface area contributed by atoms with Crippen LogP contribution in [0.3, 0.4) is 0 Å². The Balaban J connectivity index is 1.62. The third-order valence-corrected chi connectivity index (χ3v) is 4.57. The number of halogens is 4. The number of alkyl halides is 4. The number of hydrogen-bond acceptors (Lipinski definition) is 6. The number of amides is 1. The highest BCUT2D eigenvalue weighted by molar-refractivity contribution is 5.82. The predicted molar refractivity (Wildman–Crippen MR) is 88.0 cm³/mol. The fraction of sp³-hybridized carbons (Fsp3) is 0.562. The smallest absolute Gasteiger partial charge is 0.416 e. The van der Waals surface area contributed by atoms with Crippen LogP contribution in [0, 0.1) is 0 Å². The predicted octanol–water partition coefficient (Wildman–Crippen LogP) is 0.592. The molecule has 1 aromatic rings. The number of piperidine rings is 1. The van der Waals surface area contributed by atoms with E-state index >= 15 is 0 Å². The number of likely N-dealkylation sites (tertiary alicyclic amines) is 1. The number of nitrogens with zero attached hydrogens (tertiary/aromatic N) is 1. The molecule has 0 bridgehead atoms. The van der Waals surface area contributed by atoms with Crippen molar-refractivity contribution < 1.29 is 27.5 Å². The van der Waals surface area contributed by atoms with E-state index in [-0.39, 0.29) is 18.0 Å². The zero-order valence-electron chi connectivity index (χ0n) is 14.5. The number of benzene rings is 1. The van der Waals surface area contributed by atoms with E-state index in [1.54, 1.807) is 7.05 Å². The minimum absolute atomic E-state index is 0.0866. The zero-order valence-corrected chi connectivity index (χ0v) is 14.5. The molecule has 2 fully saturated rings. The summed E-state index contributed by atoms with van der Waals surface area (Å²) in [4.78, 5) is 14.1. The van der Waals surface area contributed by atoms with Gasteiger partial charge < -0.3 is 15.3 Å². The van der Waals surface area contributed by atoms with Crippen molar-refractivity contribution in [2.75, 3.05) is 20.1 Å². The first-order valence-corrected chi connectivity index (χ1v) is 8.43. The molecular formula is C16H21F4N5O2. The molecule has 0 aromatic heterocycles. The second-order valence-corrected chi connectivity index (χ2v) is 6.85. The van der Waals surface area contributed by atoms with Crippen molar-refractivity contribution in [2.24, 2.45) is 0 Å². The van der Waals surface area contributed by atoms with Gasteiger partial charge in [-0.05, 0) is 25.6 Å². The molecule has 3 rings (SSSR count). The number of aromatic hydroxyl groups is 1. The van der Waals surface area contributed by atoms with Crippen LogP contribution in [0.25, 0.3) is 0 Å². The number of phenolic OH excluding ortho intramolecular Hbond substituents is 1. The Labute approximate surface area is 153 Å². The van der Waals surface area contributed by atoms with Crippen LogP contribution in [0.4, 0.5) is 17.6 Å². The van der Waals surface area contributed by atoms with Gasteiger partial charge in [-0.3, -0.25) is 10.1 Å². The van der Waals surface area contributed by atoms with E-state index in [1.807, 2.05) is 4.90 Å². The van der Waals surface area contributed by atoms with Gasteiger partial charge in [0.05, 0.1) is 5.56 Å². The Hall–Kier alpha value is -1.95. The maximum Gasteiger partial charge on any atom is 0.416 e. The number of hydrogen-bond donors (Lipinski definition) is 5. The first-order chi connectivity index (χ1) is 12.6. The van der Waals surface area contributed by atoms with Gasteiger partial charge in [0.15, 0.2) is 6.17 Å². The largest absolute Gasteiger partial charge is 0.508 e. The number of rotatable bonds is 3. The molecular weight excluding hydrogens is 370 g/mol. The summed E-state index contributed by atoms with van der Waals surface area (Å²) in [6.45, 7) is 0.922. The Kier molecular flexibility index (Phi) is 5.56. The summed E-state index contributed by atoms with van der Waals surface area (Å²) in [5, 5.41) is 15.5. The zero-order chi connectivity index (χ0) is 19.8. The molecule has 7 nitrogen and oxygen atoms in total. The molecule has 11 heteroatoms. The van der Waals surface area contributed by atoms with Gasteiger partial charge in [0, 0.05) is 24.7 Å². The number of nitrogens with one attached hydrogen (secondary N) is 4. The lowest BCUT2D eigenvalue weighted by Gasteiger charge is -2.38. The highest BCUT2D eigenvalue weighted by Crippen LogP contribution is 2.34. The van der Waals surface area contributed by atoms with Gasteiger partial charge in [0.25, 0.3) is 5.91 Å². The van der Waals surface area contributed by atoms with Gasteiger partial charge in [-0.15, -0.1) is 0 Å². The van der Waals surface area contributed by atoms with Gasteiger partial charge in [-0.25, -0.2) is 15.2 Å². The number of hydrazine groups is 1. The summed E-state index contributed by atoms with van der Waals surface area (Å²) < 4.78 is 51.7. The van der Waals surface area contributed by atoms with Crippen LogP contribution in [0.2, 0.25) is 0 Å². The molecule has 0 saturated carbocycles. The minimum atomic E-state index is -4.58. The van der Waals surface area contributed by atoms with Crippen molar-refractivity contribution in [3.63, 3.8) is 0 Å². The summed E-state index contributed by atoms with van der Waals surface area (Å²) in [6, 6.07) is 2.29. The normalized spacial score (nSPS) is 30.2. The molecule has 2 heterocycles. The van der Waals surface area contributed by atoms with Crippen LogP contribution in [0.1, 0.15) is 23.7 Å². The lowest BCUT2D eigenvalue weighted by molar-refractivity contribution is -0.137. The summed E-state index contributed by atoms with van der Waals surface area (Å²) in [6.07, 6.45) is -7.05. The lowest BCUT2D eigenvalue weighted by Crippen LogP contribution is -2.68. The lowest BCUT2D eigenvalue weighted by atomic mass is 10.0. The molecule has 1 amide bonds. The van der Waals surface area contributed by atoms with Crippen LogP contribution in [-0.2, 0) is 11.0 Å². The molecule has 0 radical (unpaired) electrons. The van der Waals surface area contributed by atoms with E-state index in [0.29, 0.717) is 19.2 Å². The summed E-state index contributed by atoms with van der Waals surface area (Å²) in [5.74, 6) is -1.06. The average molecular weight is 391 g/mol. The van der Waals surface area contributed by atoms with E-state index < -0.39 is 41.9 Å². The number of likely N-dealkylation sites (N-methyl/N-ethyl adjacent to an activating group) is 1. The highest BCUT2D eigenvalue weighted by atomic mass is 19.4. The van der Waals surface area contributed by atoms with Gasteiger partial charge >= 0.3 is 6.18 Å². The monoisotopic (exact) mass is 391 g/mol. The Morgan fingerprint density at radius 2 is 2.00 bits per heavy atom. The first kappa shape index (κ1) is 19.8. The van der Waals surface area contributed by atoms with Gasteiger partial charge in [0.1, 0.15) is 18.1 Å². The molecule has 27 heavy (non-hydrogen) atoms. The Bertz CT molecular complexity index is 692. The number of phenols is 1. The maximum atomic E-state index is 13.7. The maximum absolute atomic E-state index is 13.7. The average Bonchev–Trinajstić information content (AvgIpc) is 2.55. The molecule has 2 aliphatic heterocycles. The SMILES string of the molecule is CN1CC(F)CC(NC2NNC(c3ccc(C(F)(F)F)cc3O)NC2=O)C1. The molecule has 1 aromatic carbocycles. The molecule has 0 spiro atoms. The third kappa shape index (κ3) is 4.67. The second-order valence-electron chi connectivity index (χ2n) is 6.85. The van der Waals surface area contributed by atoms with Crippen molar-refractivity contribution in [3.05, 3.63) is 29.3 Å². The Morgan fingerprint density at radius 3 is 2.59 bits per heavy atom. The van der Waals surface area contributed by atoms with Gasteiger partial charge in [-0.2, -0.15) is 13.2 Å². The summed E-state index contributed by atoms with van der Waals surface area (Å²) in [7, 11) is 1.79. The van der Waals surface area contributed by atoms with E-state index in [9.17, 15) is 27.5 Å². The van der Waals surface area contributed by atoms with E-state index in [0.717, 1.165) is 12.1 Å². The summed E-state index contributed by atoms with van der Waals surface area (Å²) >= 11 is 0. The van der Waals surface area contributed by atoms with Crippen molar-refractivity contribution >= 4 is 5.91 Å². The van der Waals surface area contributed by atoms with E-state index in [2.05, 4.69) is 21.5 Å². The van der Waals surface area contributed by atoms with Crippen LogP contribution in [-0.4, -0.2) is 54.4 Å². The van der Waals surface area contributed by atoms with Crippen molar-refractivity contribution in [2.45, 2.75) is 37.1 Å². The molecule has 2 saturated heterocycles. The molecule has 0 aliphatic carbocycles. The molecule has 2 aliphatic rings. The van der Waals surface area contributed by atoms with Crippen molar-refractivity contribution in [3.8, 4) is 5.75 Å². The summed E-state index contributed by atoms with van der Waals surface area (Å²) in [5.41, 5.74) is 4.55. The van der Waals surface area contributed by atoms with Crippen molar-refractivity contribution in [1.29, 1.82) is 0 Å². The van der Waals surface area contributed by atoms with Crippen LogP contribution < -0.4 is 21.5 Å².